The van der Waals surface area contributed by atoms with Crippen molar-refractivity contribution in [2.24, 2.45) is 0 Å². The summed E-state index contributed by atoms with van der Waals surface area (Å²) in [5.41, 5.74) is 0. The van der Waals surface area contributed by atoms with Crippen LogP contribution in [0.5, 0.6) is 0 Å². The number of nitrogens with zero attached hydrogens (tertiary/aromatic N) is 4. The van der Waals surface area contributed by atoms with Crippen molar-refractivity contribution in [1.29, 1.82) is 5.26 Å². The number of rotatable bonds is 2. The summed E-state index contributed by atoms with van der Waals surface area (Å²) in [4.78, 5) is 8.89. The number of piperazine rings is 1. The molecule has 0 aromatic carbocycles. The zero-order valence-electron chi connectivity index (χ0n) is 10.1. The Bertz CT molecular complexity index is 464. The largest absolute Gasteiger partial charge is 0.353 e. The Morgan fingerprint density at radius 3 is 2.56 bits per heavy atom. The summed E-state index contributed by atoms with van der Waals surface area (Å²) in [6.07, 6.45) is 1.81. The summed E-state index contributed by atoms with van der Waals surface area (Å²) in [5, 5.41) is 8.91. The molecular weight excluding hydrogens is 360 g/mol. The van der Waals surface area contributed by atoms with Crippen LogP contribution in [0.3, 0.4) is 0 Å². The third-order valence-corrected chi connectivity index (χ3v) is 4.15. The molecule has 1 aromatic rings. The maximum absolute atomic E-state index is 8.91. The van der Waals surface area contributed by atoms with Crippen molar-refractivity contribution >= 4 is 37.7 Å². The SMILES string of the molecule is CC(C#N)N1CCN(c2ncc(Br)cc2Br)CC1. The van der Waals surface area contributed by atoms with Crippen LogP contribution in [0.4, 0.5) is 5.82 Å². The standard InChI is InChI=1S/C12H14Br2N4/c1-9(7-15)17-2-4-18(5-3-17)12-11(14)6-10(13)8-16-12/h6,8-9H,2-5H2,1H3. The molecule has 0 spiro atoms. The van der Waals surface area contributed by atoms with Crippen LogP contribution in [0, 0.1) is 11.3 Å². The Kier molecular flexibility index (Phi) is 4.60. The highest BCUT2D eigenvalue weighted by Gasteiger charge is 2.22. The Morgan fingerprint density at radius 2 is 2.00 bits per heavy atom. The van der Waals surface area contributed by atoms with Crippen molar-refractivity contribution in [2.75, 3.05) is 31.1 Å². The van der Waals surface area contributed by atoms with Crippen molar-refractivity contribution in [3.63, 3.8) is 0 Å². The van der Waals surface area contributed by atoms with Gasteiger partial charge in [-0.15, -0.1) is 0 Å². The zero-order valence-corrected chi connectivity index (χ0v) is 13.3. The number of hydrogen-bond donors (Lipinski definition) is 0. The lowest BCUT2D eigenvalue weighted by Crippen LogP contribution is -2.49. The number of anilines is 1. The average Bonchev–Trinajstić information content (AvgIpc) is 2.38. The van der Waals surface area contributed by atoms with Crippen molar-refractivity contribution in [3.8, 4) is 6.07 Å². The Labute approximate surface area is 124 Å². The van der Waals surface area contributed by atoms with Crippen LogP contribution < -0.4 is 4.90 Å². The van der Waals surface area contributed by atoms with Crippen molar-refractivity contribution in [2.45, 2.75) is 13.0 Å². The van der Waals surface area contributed by atoms with Gasteiger partial charge in [-0.3, -0.25) is 4.90 Å². The first-order chi connectivity index (χ1) is 8.61. The normalized spacial score (nSPS) is 18.4. The Balaban J connectivity index is 2.04. The third kappa shape index (κ3) is 3.02. The molecule has 1 aliphatic heterocycles. The molecule has 2 heterocycles. The summed E-state index contributed by atoms with van der Waals surface area (Å²) in [6.45, 7) is 5.56. The van der Waals surface area contributed by atoms with E-state index in [1.807, 2.05) is 19.2 Å². The molecule has 1 atom stereocenters. The first kappa shape index (κ1) is 13.8. The Morgan fingerprint density at radius 1 is 1.33 bits per heavy atom. The van der Waals surface area contributed by atoms with Crippen LogP contribution in [0.1, 0.15) is 6.92 Å². The monoisotopic (exact) mass is 372 g/mol. The van der Waals surface area contributed by atoms with Gasteiger partial charge in [-0.05, 0) is 44.8 Å². The van der Waals surface area contributed by atoms with Gasteiger partial charge >= 0.3 is 0 Å². The first-order valence-corrected chi connectivity index (χ1v) is 7.40. The van der Waals surface area contributed by atoms with E-state index in [2.05, 4.69) is 52.7 Å². The van der Waals surface area contributed by atoms with Crippen LogP contribution in [-0.2, 0) is 0 Å². The van der Waals surface area contributed by atoms with Crippen LogP contribution in [0.15, 0.2) is 21.2 Å². The van der Waals surface area contributed by atoms with Gasteiger partial charge in [-0.25, -0.2) is 4.98 Å². The summed E-state index contributed by atoms with van der Waals surface area (Å²) in [6, 6.07) is 4.28. The third-order valence-electron chi connectivity index (χ3n) is 3.14. The van der Waals surface area contributed by atoms with E-state index in [0.29, 0.717) is 0 Å². The van der Waals surface area contributed by atoms with E-state index < -0.39 is 0 Å². The lowest BCUT2D eigenvalue weighted by atomic mass is 10.2. The second kappa shape index (κ2) is 6.00. The molecule has 0 aliphatic carbocycles. The predicted octanol–water partition coefficient (Wildman–Crippen LogP) is 2.64. The number of nitriles is 1. The molecule has 6 heteroatoms. The topological polar surface area (TPSA) is 43.2 Å². The van der Waals surface area contributed by atoms with E-state index in [0.717, 1.165) is 40.9 Å². The van der Waals surface area contributed by atoms with Crippen molar-refractivity contribution in [1.82, 2.24) is 9.88 Å². The van der Waals surface area contributed by atoms with Crippen LogP contribution in [0.2, 0.25) is 0 Å². The molecule has 1 fully saturated rings. The first-order valence-electron chi connectivity index (χ1n) is 5.81. The Hall–Kier alpha value is -0.640. The summed E-state index contributed by atoms with van der Waals surface area (Å²) in [5.74, 6) is 0.975. The van der Waals surface area contributed by atoms with Gasteiger partial charge in [0.2, 0.25) is 0 Å². The molecular formula is C12H14Br2N4. The van der Waals surface area contributed by atoms with Gasteiger partial charge in [-0.1, -0.05) is 0 Å². The van der Waals surface area contributed by atoms with E-state index in [1.165, 1.54) is 0 Å². The van der Waals surface area contributed by atoms with E-state index >= 15 is 0 Å². The summed E-state index contributed by atoms with van der Waals surface area (Å²) < 4.78 is 1.97. The van der Waals surface area contributed by atoms with Gasteiger partial charge in [0.25, 0.3) is 0 Å². The van der Waals surface area contributed by atoms with Crippen LogP contribution >= 0.6 is 31.9 Å². The minimum absolute atomic E-state index is 0.00605. The molecule has 18 heavy (non-hydrogen) atoms. The molecule has 2 rings (SSSR count). The molecule has 0 N–H and O–H groups in total. The molecule has 0 saturated carbocycles. The second-order valence-electron chi connectivity index (χ2n) is 4.29. The fraction of sp³-hybridized carbons (Fsp3) is 0.500. The van der Waals surface area contributed by atoms with E-state index in [4.69, 9.17) is 5.26 Å². The maximum Gasteiger partial charge on any atom is 0.143 e. The van der Waals surface area contributed by atoms with Gasteiger partial charge in [0.1, 0.15) is 5.82 Å². The average molecular weight is 374 g/mol. The van der Waals surface area contributed by atoms with Gasteiger partial charge in [-0.2, -0.15) is 5.26 Å². The lowest BCUT2D eigenvalue weighted by Gasteiger charge is -2.36. The van der Waals surface area contributed by atoms with Crippen molar-refractivity contribution < 1.29 is 0 Å². The highest BCUT2D eigenvalue weighted by atomic mass is 79.9. The quantitative estimate of drug-likeness (QED) is 0.799. The van der Waals surface area contributed by atoms with E-state index in [9.17, 15) is 0 Å². The molecule has 96 valence electrons. The van der Waals surface area contributed by atoms with Gasteiger partial charge in [0.15, 0.2) is 0 Å². The van der Waals surface area contributed by atoms with Crippen LogP contribution in [0.25, 0.3) is 0 Å². The van der Waals surface area contributed by atoms with Crippen molar-refractivity contribution in [3.05, 3.63) is 21.2 Å². The predicted molar refractivity (Wildman–Crippen MR) is 78.5 cm³/mol. The lowest BCUT2D eigenvalue weighted by molar-refractivity contribution is 0.231. The smallest absolute Gasteiger partial charge is 0.143 e. The van der Waals surface area contributed by atoms with Gasteiger partial charge in [0, 0.05) is 36.8 Å². The minimum atomic E-state index is -0.00605. The second-order valence-corrected chi connectivity index (χ2v) is 6.06. The van der Waals surface area contributed by atoms with Gasteiger partial charge in [0.05, 0.1) is 16.6 Å². The van der Waals surface area contributed by atoms with E-state index in [1.54, 1.807) is 0 Å². The molecule has 0 radical (unpaired) electrons. The highest BCUT2D eigenvalue weighted by Crippen LogP contribution is 2.27. The molecule has 4 nitrogen and oxygen atoms in total. The molecule has 0 amide bonds. The van der Waals surface area contributed by atoms with Gasteiger partial charge < -0.3 is 4.90 Å². The summed E-state index contributed by atoms with van der Waals surface area (Å²) in [7, 11) is 0. The number of halogens is 2. The van der Waals surface area contributed by atoms with Crippen LogP contribution in [-0.4, -0.2) is 42.1 Å². The summed E-state index contributed by atoms with van der Waals surface area (Å²) >= 11 is 6.94. The van der Waals surface area contributed by atoms with E-state index in [-0.39, 0.29) is 6.04 Å². The number of aromatic nitrogens is 1. The maximum atomic E-state index is 8.91. The number of hydrogen-bond acceptors (Lipinski definition) is 4. The molecule has 0 bridgehead atoms. The molecule has 1 aromatic heterocycles. The minimum Gasteiger partial charge on any atom is -0.353 e. The molecule has 1 saturated heterocycles. The molecule has 1 unspecified atom stereocenters. The molecule has 1 aliphatic rings. The number of pyridine rings is 1. The zero-order chi connectivity index (χ0) is 13.1. The fourth-order valence-electron chi connectivity index (χ4n) is 2.04. The highest BCUT2D eigenvalue weighted by molar-refractivity contribution is 9.11. The fourth-order valence-corrected chi connectivity index (χ4v) is 3.28.